The van der Waals surface area contributed by atoms with Crippen molar-refractivity contribution in [1.29, 1.82) is 0 Å². The van der Waals surface area contributed by atoms with Gasteiger partial charge >= 0.3 is 0 Å². The summed E-state index contributed by atoms with van der Waals surface area (Å²) in [5, 5.41) is 3.18. The Labute approximate surface area is 110 Å². The zero-order valence-electron chi connectivity index (χ0n) is 10.6. The molecule has 1 aromatic carbocycles. The van der Waals surface area contributed by atoms with Gasteiger partial charge in [0.15, 0.2) is 5.82 Å². The second kappa shape index (κ2) is 5.68. The first kappa shape index (κ1) is 12.6. The number of anilines is 1. The minimum atomic E-state index is 0.723. The van der Waals surface area contributed by atoms with Gasteiger partial charge < -0.3 is 14.8 Å². The van der Waals surface area contributed by atoms with Crippen molar-refractivity contribution >= 4 is 17.5 Å². The van der Waals surface area contributed by atoms with E-state index in [4.69, 9.17) is 9.47 Å². The predicted molar refractivity (Wildman–Crippen MR) is 72.6 cm³/mol. The molecule has 1 aromatic heterocycles. The van der Waals surface area contributed by atoms with E-state index in [2.05, 4.69) is 14.1 Å². The van der Waals surface area contributed by atoms with Crippen LogP contribution in [0.4, 0.5) is 5.82 Å². The maximum Gasteiger partial charge on any atom is 0.168 e. The van der Waals surface area contributed by atoms with Crippen molar-refractivity contribution in [3.05, 3.63) is 18.2 Å². The standard InChI is InChI=1S/C12H15N3O2S/c1-4-13-12-11(14-18-15-12)9-6-5-8(16-2)7-10(9)17-3/h5-7H,4H2,1-3H3,(H,13,15). The molecule has 0 spiro atoms. The van der Waals surface area contributed by atoms with Crippen LogP contribution in [0.25, 0.3) is 11.3 Å². The number of nitrogens with zero attached hydrogens (tertiary/aromatic N) is 2. The average molecular weight is 265 g/mol. The lowest BCUT2D eigenvalue weighted by Crippen LogP contribution is -1.99. The van der Waals surface area contributed by atoms with Gasteiger partial charge in [-0.2, -0.15) is 8.75 Å². The van der Waals surface area contributed by atoms with Crippen LogP contribution in [-0.4, -0.2) is 29.5 Å². The van der Waals surface area contributed by atoms with Gasteiger partial charge in [-0.3, -0.25) is 0 Å². The van der Waals surface area contributed by atoms with Crippen molar-refractivity contribution in [2.75, 3.05) is 26.1 Å². The Hall–Kier alpha value is -1.82. The molecular weight excluding hydrogens is 250 g/mol. The molecule has 0 aliphatic heterocycles. The molecule has 6 heteroatoms. The summed E-state index contributed by atoms with van der Waals surface area (Å²) in [6.45, 7) is 2.82. The molecular formula is C12H15N3O2S. The quantitative estimate of drug-likeness (QED) is 0.900. The number of hydrogen-bond donors (Lipinski definition) is 1. The number of methoxy groups -OCH3 is 2. The summed E-state index contributed by atoms with van der Waals surface area (Å²) in [4.78, 5) is 0. The van der Waals surface area contributed by atoms with Gasteiger partial charge in [0.2, 0.25) is 0 Å². The Morgan fingerprint density at radius 1 is 1.22 bits per heavy atom. The first-order valence-electron chi connectivity index (χ1n) is 5.59. The van der Waals surface area contributed by atoms with E-state index < -0.39 is 0 Å². The Balaban J connectivity index is 2.46. The SMILES string of the molecule is CCNc1nsnc1-c1ccc(OC)cc1OC. The van der Waals surface area contributed by atoms with Crippen molar-refractivity contribution in [2.45, 2.75) is 6.92 Å². The van der Waals surface area contributed by atoms with Crippen LogP contribution in [0.2, 0.25) is 0 Å². The average Bonchev–Trinajstić information content (AvgIpc) is 2.86. The van der Waals surface area contributed by atoms with Crippen LogP contribution in [-0.2, 0) is 0 Å². The zero-order valence-corrected chi connectivity index (χ0v) is 11.4. The van der Waals surface area contributed by atoms with Gasteiger partial charge in [-0.25, -0.2) is 0 Å². The zero-order chi connectivity index (χ0) is 13.0. The highest BCUT2D eigenvalue weighted by Gasteiger charge is 2.15. The van der Waals surface area contributed by atoms with Gasteiger partial charge in [0.25, 0.3) is 0 Å². The molecule has 2 rings (SSSR count). The van der Waals surface area contributed by atoms with Crippen molar-refractivity contribution in [3.63, 3.8) is 0 Å². The molecule has 96 valence electrons. The van der Waals surface area contributed by atoms with E-state index in [-0.39, 0.29) is 0 Å². The van der Waals surface area contributed by atoms with Gasteiger partial charge in [-0.15, -0.1) is 0 Å². The molecule has 0 bridgehead atoms. The lowest BCUT2D eigenvalue weighted by Gasteiger charge is -2.09. The summed E-state index contributed by atoms with van der Waals surface area (Å²) in [7, 11) is 3.26. The summed E-state index contributed by atoms with van der Waals surface area (Å²) in [6.07, 6.45) is 0. The second-order valence-corrected chi connectivity index (χ2v) is 4.09. The molecule has 0 amide bonds. The molecule has 0 fully saturated rings. The lowest BCUT2D eigenvalue weighted by atomic mass is 10.1. The van der Waals surface area contributed by atoms with Gasteiger partial charge in [0.1, 0.15) is 17.2 Å². The molecule has 0 aliphatic carbocycles. The van der Waals surface area contributed by atoms with Gasteiger partial charge in [0.05, 0.1) is 25.9 Å². The highest BCUT2D eigenvalue weighted by Crippen LogP contribution is 2.35. The number of ether oxygens (including phenoxy) is 2. The molecule has 5 nitrogen and oxygen atoms in total. The normalized spacial score (nSPS) is 10.2. The Bertz CT molecular complexity index is 528. The summed E-state index contributed by atoms with van der Waals surface area (Å²) in [5.74, 6) is 2.26. The van der Waals surface area contributed by atoms with Crippen LogP contribution < -0.4 is 14.8 Å². The molecule has 1 heterocycles. The molecule has 0 radical (unpaired) electrons. The van der Waals surface area contributed by atoms with Crippen LogP contribution in [0.15, 0.2) is 18.2 Å². The molecule has 0 atom stereocenters. The minimum absolute atomic E-state index is 0.723. The van der Waals surface area contributed by atoms with Crippen LogP contribution in [0.1, 0.15) is 6.92 Å². The minimum Gasteiger partial charge on any atom is -0.497 e. The molecule has 2 aromatic rings. The van der Waals surface area contributed by atoms with E-state index in [0.29, 0.717) is 0 Å². The fraction of sp³-hybridized carbons (Fsp3) is 0.333. The molecule has 0 unspecified atom stereocenters. The van der Waals surface area contributed by atoms with Crippen LogP contribution >= 0.6 is 11.7 Å². The highest BCUT2D eigenvalue weighted by atomic mass is 32.1. The van der Waals surface area contributed by atoms with Gasteiger partial charge in [-0.05, 0) is 19.1 Å². The maximum absolute atomic E-state index is 5.37. The highest BCUT2D eigenvalue weighted by molar-refractivity contribution is 6.99. The summed E-state index contributed by atoms with van der Waals surface area (Å²) >= 11 is 1.18. The fourth-order valence-corrected chi connectivity index (χ4v) is 2.18. The smallest absolute Gasteiger partial charge is 0.168 e. The second-order valence-electron chi connectivity index (χ2n) is 3.56. The van der Waals surface area contributed by atoms with Gasteiger partial charge in [0, 0.05) is 18.2 Å². The molecule has 18 heavy (non-hydrogen) atoms. The summed E-state index contributed by atoms with van der Waals surface area (Å²) in [6, 6.07) is 5.65. The molecule has 1 N–H and O–H groups in total. The van der Waals surface area contributed by atoms with Crippen LogP contribution in [0.3, 0.4) is 0 Å². The maximum atomic E-state index is 5.37. The first-order chi connectivity index (χ1) is 8.80. The molecule has 0 saturated heterocycles. The van der Waals surface area contributed by atoms with Crippen molar-refractivity contribution in [1.82, 2.24) is 8.75 Å². The van der Waals surface area contributed by atoms with Crippen molar-refractivity contribution in [2.24, 2.45) is 0 Å². The Morgan fingerprint density at radius 2 is 2.06 bits per heavy atom. The number of benzene rings is 1. The topological polar surface area (TPSA) is 56.3 Å². The summed E-state index contributed by atoms with van der Waals surface area (Å²) in [5.41, 5.74) is 1.71. The monoisotopic (exact) mass is 265 g/mol. The van der Waals surface area contributed by atoms with E-state index in [0.717, 1.165) is 35.1 Å². The van der Waals surface area contributed by atoms with Crippen LogP contribution in [0.5, 0.6) is 11.5 Å². The van der Waals surface area contributed by atoms with E-state index in [1.807, 2.05) is 25.1 Å². The van der Waals surface area contributed by atoms with Crippen LogP contribution in [0, 0.1) is 0 Å². The number of hydrogen-bond acceptors (Lipinski definition) is 6. The Morgan fingerprint density at radius 3 is 2.72 bits per heavy atom. The van der Waals surface area contributed by atoms with E-state index >= 15 is 0 Å². The largest absolute Gasteiger partial charge is 0.497 e. The fourth-order valence-electron chi connectivity index (χ4n) is 1.64. The van der Waals surface area contributed by atoms with Crippen molar-refractivity contribution < 1.29 is 9.47 Å². The number of aromatic nitrogens is 2. The molecule has 0 aliphatic rings. The third kappa shape index (κ3) is 2.38. The third-order valence-corrected chi connectivity index (χ3v) is 3.03. The van der Waals surface area contributed by atoms with E-state index in [1.54, 1.807) is 14.2 Å². The predicted octanol–water partition coefficient (Wildman–Crippen LogP) is 2.65. The first-order valence-corrected chi connectivity index (χ1v) is 6.32. The van der Waals surface area contributed by atoms with E-state index in [9.17, 15) is 0 Å². The van der Waals surface area contributed by atoms with E-state index in [1.165, 1.54) is 11.7 Å². The summed E-state index contributed by atoms with van der Waals surface area (Å²) < 4.78 is 19.1. The lowest BCUT2D eigenvalue weighted by molar-refractivity contribution is 0.395. The van der Waals surface area contributed by atoms with Crippen molar-refractivity contribution in [3.8, 4) is 22.8 Å². The number of nitrogens with one attached hydrogen (secondary N) is 1. The third-order valence-electron chi connectivity index (χ3n) is 2.50. The molecule has 0 saturated carbocycles. The van der Waals surface area contributed by atoms with Gasteiger partial charge in [-0.1, -0.05) is 0 Å². The Kier molecular flexibility index (Phi) is 3.99. The number of rotatable bonds is 5.